The van der Waals surface area contributed by atoms with Gasteiger partial charge in [-0.15, -0.1) is 0 Å². The SMILES string of the molecule is NC(=O)c1cccc(Nc2ccncc2)c1-c1cccc(Nc2ccncc2)c1. The molecule has 2 aromatic heterocycles. The molecule has 0 atom stereocenters. The number of primary amides is 1. The van der Waals surface area contributed by atoms with Crippen molar-refractivity contribution in [2.24, 2.45) is 5.73 Å². The molecule has 0 aliphatic rings. The second-order valence-electron chi connectivity index (χ2n) is 6.39. The summed E-state index contributed by atoms with van der Waals surface area (Å²) in [5.74, 6) is -0.481. The molecule has 2 heterocycles. The van der Waals surface area contributed by atoms with Crippen LogP contribution in [0.3, 0.4) is 0 Å². The predicted octanol–water partition coefficient (Wildman–Crippen LogP) is 4.73. The van der Waals surface area contributed by atoms with Crippen LogP contribution in [-0.4, -0.2) is 15.9 Å². The van der Waals surface area contributed by atoms with E-state index in [0.717, 1.165) is 33.9 Å². The van der Waals surface area contributed by atoms with Crippen molar-refractivity contribution in [1.29, 1.82) is 0 Å². The molecule has 1 amide bonds. The van der Waals surface area contributed by atoms with Crippen molar-refractivity contribution in [3.63, 3.8) is 0 Å². The number of pyridine rings is 2. The maximum absolute atomic E-state index is 12.1. The van der Waals surface area contributed by atoms with Crippen molar-refractivity contribution < 1.29 is 4.79 Å². The number of hydrogen-bond acceptors (Lipinski definition) is 5. The summed E-state index contributed by atoms with van der Waals surface area (Å²) in [6, 6.07) is 20.8. The molecule has 6 heteroatoms. The van der Waals surface area contributed by atoms with Crippen molar-refractivity contribution >= 4 is 28.7 Å². The quantitative estimate of drug-likeness (QED) is 0.449. The second kappa shape index (κ2) is 8.22. The molecule has 0 saturated carbocycles. The molecular formula is C23H19N5O. The van der Waals surface area contributed by atoms with E-state index in [1.54, 1.807) is 30.9 Å². The number of hydrogen-bond donors (Lipinski definition) is 3. The zero-order chi connectivity index (χ0) is 20.1. The fourth-order valence-corrected chi connectivity index (χ4v) is 3.12. The minimum atomic E-state index is -0.481. The monoisotopic (exact) mass is 381 g/mol. The summed E-state index contributed by atoms with van der Waals surface area (Å²) in [4.78, 5) is 20.2. The Morgan fingerprint density at radius 3 is 2.00 bits per heavy atom. The first-order valence-corrected chi connectivity index (χ1v) is 9.08. The molecule has 0 fully saturated rings. The maximum Gasteiger partial charge on any atom is 0.249 e. The molecule has 0 aliphatic carbocycles. The largest absolute Gasteiger partial charge is 0.366 e. The average Bonchev–Trinajstić information content (AvgIpc) is 2.75. The molecule has 0 saturated heterocycles. The van der Waals surface area contributed by atoms with Crippen LogP contribution in [0.2, 0.25) is 0 Å². The molecule has 0 bridgehead atoms. The van der Waals surface area contributed by atoms with Gasteiger partial charge in [0, 0.05) is 58.7 Å². The van der Waals surface area contributed by atoms with E-state index in [-0.39, 0.29) is 0 Å². The zero-order valence-corrected chi connectivity index (χ0v) is 15.5. The van der Waals surface area contributed by atoms with Crippen LogP contribution < -0.4 is 16.4 Å². The Balaban J connectivity index is 1.77. The molecule has 0 radical (unpaired) electrons. The van der Waals surface area contributed by atoms with E-state index in [1.165, 1.54) is 0 Å². The number of nitrogens with one attached hydrogen (secondary N) is 2. The summed E-state index contributed by atoms with van der Waals surface area (Å²) in [7, 11) is 0. The lowest BCUT2D eigenvalue weighted by Gasteiger charge is -2.16. The molecular weight excluding hydrogens is 362 g/mol. The number of nitrogens with two attached hydrogens (primary N) is 1. The van der Waals surface area contributed by atoms with E-state index in [4.69, 9.17) is 5.73 Å². The molecule has 4 rings (SSSR count). The number of aromatic nitrogens is 2. The van der Waals surface area contributed by atoms with Crippen LogP contribution in [0.4, 0.5) is 22.7 Å². The Bertz CT molecular complexity index is 1130. The molecule has 0 aliphatic heterocycles. The van der Waals surface area contributed by atoms with Gasteiger partial charge in [-0.1, -0.05) is 18.2 Å². The highest BCUT2D eigenvalue weighted by molar-refractivity contribution is 6.04. The summed E-state index contributed by atoms with van der Waals surface area (Å²) >= 11 is 0. The highest BCUT2D eigenvalue weighted by atomic mass is 16.1. The number of benzene rings is 2. The topological polar surface area (TPSA) is 92.9 Å². The van der Waals surface area contributed by atoms with Crippen molar-refractivity contribution in [2.75, 3.05) is 10.6 Å². The van der Waals surface area contributed by atoms with Gasteiger partial charge in [-0.25, -0.2) is 0 Å². The number of anilines is 4. The molecule has 29 heavy (non-hydrogen) atoms. The Hall–Kier alpha value is -4.19. The van der Waals surface area contributed by atoms with Crippen LogP contribution in [-0.2, 0) is 0 Å². The normalized spacial score (nSPS) is 10.3. The van der Waals surface area contributed by atoms with E-state index < -0.39 is 5.91 Å². The van der Waals surface area contributed by atoms with Gasteiger partial charge < -0.3 is 16.4 Å². The van der Waals surface area contributed by atoms with E-state index in [2.05, 4.69) is 20.6 Å². The average molecular weight is 381 g/mol. The van der Waals surface area contributed by atoms with Crippen molar-refractivity contribution in [2.45, 2.75) is 0 Å². The van der Waals surface area contributed by atoms with Gasteiger partial charge in [-0.2, -0.15) is 0 Å². The lowest BCUT2D eigenvalue weighted by Crippen LogP contribution is -2.13. The summed E-state index contributed by atoms with van der Waals surface area (Å²) < 4.78 is 0. The highest BCUT2D eigenvalue weighted by Crippen LogP contribution is 2.35. The van der Waals surface area contributed by atoms with E-state index in [9.17, 15) is 4.79 Å². The Morgan fingerprint density at radius 2 is 1.34 bits per heavy atom. The Kier molecular flexibility index (Phi) is 5.16. The number of amides is 1. The molecule has 4 N–H and O–H groups in total. The maximum atomic E-state index is 12.1. The van der Waals surface area contributed by atoms with Crippen LogP contribution in [0.25, 0.3) is 11.1 Å². The third kappa shape index (κ3) is 4.22. The number of carbonyl (C=O) groups excluding carboxylic acids is 1. The predicted molar refractivity (Wildman–Crippen MR) is 115 cm³/mol. The highest BCUT2D eigenvalue weighted by Gasteiger charge is 2.15. The van der Waals surface area contributed by atoms with Gasteiger partial charge in [-0.05, 0) is 54.1 Å². The summed E-state index contributed by atoms with van der Waals surface area (Å²) in [6.45, 7) is 0. The molecule has 0 unspecified atom stereocenters. The van der Waals surface area contributed by atoms with Gasteiger partial charge in [0.25, 0.3) is 0 Å². The zero-order valence-electron chi connectivity index (χ0n) is 15.5. The standard InChI is InChI=1S/C23H19N5O/c24-23(29)20-5-2-6-21(28-18-9-13-26-14-10-18)22(20)16-3-1-4-19(15-16)27-17-7-11-25-12-8-17/h1-15H,(H2,24,29)(H,25,27)(H,26,28). The minimum absolute atomic E-state index is 0.449. The van der Waals surface area contributed by atoms with Crippen LogP contribution in [0.5, 0.6) is 0 Å². The van der Waals surface area contributed by atoms with E-state index >= 15 is 0 Å². The molecule has 0 spiro atoms. The van der Waals surface area contributed by atoms with Crippen molar-refractivity contribution in [1.82, 2.24) is 9.97 Å². The molecule has 142 valence electrons. The summed E-state index contributed by atoms with van der Waals surface area (Å²) in [5, 5.41) is 6.71. The van der Waals surface area contributed by atoms with Crippen molar-refractivity contribution in [3.8, 4) is 11.1 Å². The first kappa shape index (κ1) is 18.2. The fraction of sp³-hybridized carbons (Fsp3) is 0. The van der Waals surface area contributed by atoms with E-state index in [0.29, 0.717) is 5.56 Å². The first-order valence-electron chi connectivity index (χ1n) is 9.08. The summed E-state index contributed by atoms with van der Waals surface area (Å²) in [6.07, 6.45) is 6.87. The van der Waals surface area contributed by atoms with Gasteiger partial charge in [0.15, 0.2) is 0 Å². The molecule has 4 aromatic rings. The lowest BCUT2D eigenvalue weighted by atomic mass is 9.96. The lowest BCUT2D eigenvalue weighted by molar-refractivity contribution is 0.100. The molecule has 6 nitrogen and oxygen atoms in total. The van der Waals surface area contributed by atoms with Gasteiger partial charge >= 0.3 is 0 Å². The fourth-order valence-electron chi connectivity index (χ4n) is 3.12. The van der Waals surface area contributed by atoms with E-state index in [1.807, 2.05) is 60.7 Å². The third-order valence-electron chi connectivity index (χ3n) is 4.41. The minimum Gasteiger partial charge on any atom is -0.366 e. The third-order valence-corrected chi connectivity index (χ3v) is 4.41. The van der Waals surface area contributed by atoms with Gasteiger partial charge in [0.05, 0.1) is 0 Å². The second-order valence-corrected chi connectivity index (χ2v) is 6.39. The van der Waals surface area contributed by atoms with Crippen LogP contribution >= 0.6 is 0 Å². The van der Waals surface area contributed by atoms with Crippen LogP contribution in [0, 0.1) is 0 Å². The number of rotatable bonds is 6. The smallest absolute Gasteiger partial charge is 0.249 e. The van der Waals surface area contributed by atoms with Crippen molar-refractivity contribution in [3.05, 3.63) is 97.1 Å². The molecule has 2 aromatic carbocycles. The van der Waals surface area contributed by atoms with Gasteiger partial charge in [0.2, 0.25) is 5.91 Å². The van der Waals surface area contributed by atoms with Crippen LogP contribution in [0.15, 0.2) is 91.5 Å². The first-order chi connectivity index (χ1) is 14.2. The van der Waals surface area contributed by atoms with Gasteiger partial charge in [-0.3, -0.25) is 14.8 Å². The Morgan fingerprint density at radius 1 is 0.724 bits per heavy atom. The number of nitrogens with zero attached hydrogens (tertiary/aromatic N) is 2. The van der Waals surface area contributed by atoms with Gasteiger partial charge in [0.1, 0.15) is 0 Å². The summed E-state index contributed by atoms with van der Waals surface area (Å²) in [5.41, 5.74) is 11.2. The van der Waals surface area contributed by atoms with Crippen LogP contribution in [0.1, 0.15) is 10.4 Å². The number of carbonyl (C=O) groups is 1. The Labute approximate surface area is 168 Å².